The van der Waals surface area contributed by atoms with Crippen LogP contribution in [0.4, 0.5) is 0 Å². The van der Waals surface area contributed by atoms with E-state index in [-0.39, 0.29) is 23.5 Å². The van der Waals surface area contributed by atoms with Crippen LogP contribution in [0.15, 0.2) is 23.2 Å². The number of aliphatic hydroxyl groups excluding tert-OH is 1. The summed E-state index contributed by atoms with van der Waals surface area (Å²) >= 11 is 0. The van der Waals surface area contributed by atoms with Crippen molar-refractivity contribution < 1.29 is 14.6 Å². The van der Waals surface area contributed by atoms with Gasteiger partial charge in [-0.05, 0) is 67.6 Å². The van der Waals surface area contributed by atoms with E-state index in [1.54, 1.807) is 7.11 Å². The molecule has 0 aromatic heterocycles. The Balaban J connectivity index is 1.94. The second kappa shape index (κ2) is 9.92. The molecule has 1 amide bonds. The Morgan fingerprint density at radius 3 is 2.77 bits per heavy atom. The van der Waals surface area contributed by atoms with Gasteiger partial charge in [0.2, 0.25) is 6.41 Å². The van der Waals surface area contributed by atoms with E-state index in [0.717, 1.165) is 51.4 Å². The molecule has 2 aliphatic rings. The lowest BCUT2D eigenvalue weighted by molar-refractivity contribution is -0.115. The van der Waals surface area contributed by atoms with Crippen molar-refractivity contribution in [3.8, 4) is 0 Å². The number of amides is 1. The largest absolute Gasteiger partial charge is 0.393 e. The van der Waals surface area contributed by atoms with Crippen LogP contribution in [0.3, 0.4) is 0 Å². The maximum absolute atomic E-state index is 11.6. The molecule has 3 rings (SSSR count). The third-order valence-corrected chi connectivity index (χ3v) is 6.81. The number of ether oxygens (including phenoxy) is 1. The Morgan fingerprint density at radius 1 is 1.40 bits per heavy atom. The minimum Gasteiger partial charge on any atom is -0.393 e. The molecule has 0 saturated heterocycles. The normalized spacial score (nSPS) is 26.2. The number of nitrogens with two attached hydrogens (primary N) is 1. The fourth-order valence-corrected chi connectivity index (χ4v) is 4.93. The van der Waals surface area contributed by atoms with E-state index in [0.29, 0.717) is 19.1 Å². The van der Waals surface area contributed by atoms with E-state index in [1.807, 2.05) is 0 Å². The van der Waals surface area contributed by atoms with Crippen molar-refractivity contribution in [1.29, 1.82) is 0 Å². The zero-order valence-electron chi connectivity index (χ0n) is 18.6. The van der Waals surface area contributed by atoms with Crippen LogP contribution in [0, 0.1) is 11.3 Å². The maximum atomic E-state index is 11.6. The summed E-state index contributed by atoms with van der Waals surface area (Å²) in [5.41, 5.74) is 10.2. The SMILES string of the molecule is COCCN(C=O)C(N)=NC1c2cc(CCC(C)C)ccc2CC12CCC(O)CC2. The van der Waals surface area contributed by atoms with Crippen LogP contribution in [0.1, 0.15) is 68.7 Å². The second-order valence-electron chi connectivity index (χ2n) is 9.42. The van der Waals surface area contributed by atoms with Gasteiger partial charge in [-0.15, -0.1) is 0 Å². The molecule has 1 aromatic carbocycles. The minimum absolute atomic E-state index is 0.0291. The number of guanidine groups is 1. The summed E-state index contributed by atoms with van der Waals surface area (Å²) in [6.07, 6.45) is 7.09. The number of hydrogen-bond acceptors (Lipinski definition) is 4. The minimum atomic E-state index is -0.226. The average Bonchev–Trinajstić information content (AvgIpc) is 3.02. The lowest BCUT2D eigenvalue weighted by Gasteiger charge is -2.39. The predicted molar refractivity (Wildman–Crippen MR) is 119 cm³/mol. The number of hydrogen-bond donors (Lipinski definition) is 2. The average molecular weight is 416 g/mol. The molecule has 166 valence electrons. The molecule has 1 spiro atoms. The first-order valence-corrected chi connectivity index (χ1v) is 11.2. The highest BCUT2D eigenvalue weighted by atomic mass is 16.5. The number of methoxy groups -OCH3 is 1. The van der Waals surface area contributed by atoms with Crippen molar-refractivity contribution in [3.05, 3.63) is 34.9 Å². The number of fused-ring (bicyclic) bond motifs is 1. The molecule has 1 atom stereocenters. The summed E-state index contributed by atoms with van der Waals surface area (Å²) in [6.45, 7) is 5.29. The highest BCUT2D eigenvalue weighted by molar-refractivity contribution is 5.87. The molecule has 6 heteroatoms. The Morgan fingerprint density at radius 2 is 2.13 bits per heavy atom. The van der Waals surface area contributed by atoms with Crippen molar-refractivity contribution >= 4 is 12.4 Å². The van der Waals surface area contributed by atoms with Gasteiger partial charge < -0.3 is 15.6 Å². The van der Waals surface area contributed by atoms with Gasteiger partial charge >= 0.3 is 0 Å². The van der Waals surface area contributed by atoms with Crippen LogP contribution in [-0.4, -0.2) is 48.7 Å². The van der Waals surface area contributed by atoms with Gasteiger partial charge in [-0.1, -0.05) is 32.0 Å². The summed E-state index contributed by atoms with van der Waals surface area (Å²) in [6, 6.07) is 6.73. The third-order valence-electron chi connectivity index (χ3n) is 6.81. The first-order chi connectivity index (χ1) is 14.4. The highest BCUT2D eigenvalue weighted by Gasteiger charge is 2.48. The van der Waals surface area contributed by atoms with Crippen LogP contribution >= 0.6 is 0 Å². The number of aliphatic hydroxyl groups is 1. The van der Waals surface area contributed by atoms with Crippen molar-refractivity contribution in [2.75, 3.05) is 20.3 Å². The second-order valence-corrected chi connectivity index (χ2v) is 9.42. The highest BCUT2D eigenvalue weighted by Crippen LogP contribution is 2.56. The van der Waals surface area contributed by atoms with E-state index in [1.165, 1.54) is 21.6 Å². The summed E-state index contributed by atoms with van der Waals surface area (Å²) in [7, 11) is 1.60. The number of carbonyl (C=O) groups excluding carboxylic acids is 1. The number of carbonyl (C=O) groups is 1. The number of benzene rings is 1. The van der Waals surface area contributed by atoms with E-state index < -0.39 is 0 Å². The van der Waals surface area contributed by atoms with Gasteiger partial charge in [0.1, 0.15) is 0 Å². The van der Waals surface area contributed by atoms with Gasteiger partial charge in [0.25, 0.3) is 0 Å². The van der Waals surface area contributed by atoms with Crippen molar-refractivity contribution in [2.24, 2.45) is 22.1 Å². The fraction of sp³-hybridized carbons (Fsp3) is 0.667. The molecule has 1 unspecified atom stereocenters. The molecule has 0 aliphatic heterocycles. The number of aliphatic imine (C=N–C) groups is 1. The molecule has 0 heterocycles. The summed E-state index contributed by atoms with van der Waals surface area (Å²) in [4.78, 5) is 17.9. The summed E-state index contributed by atoms with van der Waals surface area (Å²) in [5.74, 6) is 0.911. The zero-order valence-corrected chi connectivity index (χ0v) is 18.6. The molecule has 3 N–H and O–H groups in total. The van der Waals surface area contributed by atoms with Gasteiger partial charge in [-0.2, -0.15) is 0 Å². The van der Waals surface area contributed by atoms with Crippen LogP contribution in [0.2, 0.25) is 0 Å². The molecular formula is C24H37N3O3. The van der Waals surface area contributed by atoms with Crippen LogP contribution in [0.25, 0.3) is 0 Å². The lowest BCUT2D eigenvalue weighted by Crippen LogP contribution is -2.40. The van der Waals surface area contributed by atoms with Crippen molar-refractivity contribution in [3.63, 3.8) is 0 Å². The van der Waals surface area contributed by atoms with Crippen molar-refractivity contribution in [1.82, 2.24) is 4.90 Å². The molecule has 1 saturated carbocycles. The van der Waals surface area contributed by atoms with E-state index in [2.05, 4.69) is 32.0 Å². The molecule has 1 fully saturated rings. The Bertz CT molecular complexity index is 754. The fourth-order valence-electron chi connectivity index (χ4n) is 4.93. The smallest absolute Gasteiger partial charge is 0.216 e. The topological polar surface area (TPSA) is 88.2 Å². The van der Waals surface area contributed by atoms with Crippen LogP contribution in [-0.2, 0) is 22.4 Å². The summed E-state index contributed by atoms with van der Waals surface area (Å²) < 4.78 is 5.10. The van der Waals surface area contributed by atoms with Crippen molar-refractivity contribution in [2.45, 2.75) is 70.9 Å². The molecule has 2 aliphatic carbocycles. The molecule has 30 heavy (non-hydrogen) atoms. The standard InChI is InChI=1S/C24H37N3O3/c1-17(2)4-5-18-6-7-19-15-24(10-8-20(29)9-11-24)22(21(19)14-18)26-23(25)27(16-28)12-13-30-3/h6-7,14,16-17,20,22,29H,4-5,8-13,15H2,1-3H3,(H2,25,26). The monoisotopic (exact) mass is 415 g/mol. The number of rotatable bonds is 8. The van der Waals surface area contributed by atoms with Gasteiger partial charge in [0.05, 0.1) is 25.3 Å². The Hall–Kier alpha value is -1.92. The van der Waals surface area contributed by atoms with Gasteiger partial charge in [-0.3, -0.25) is 9.69 Å². The van der Waals surface area contributed by atoms with Gasteiger partial charge in [0.15, 0.2) is 5.96 Å². The van der Waals surface area contributed by atoms with Gasteiger partial charge in [0, 0.05) is 12.5 Å². The predicted octanol–water partition coefficient (Wildman–Crippen LogP) is 3.21. The molecule has 1 aromatic rings. The van der Waals surface area contributed by atoms with E-state index in [4.69, 9.17) is 15.5 Å². The molecular weight excluding hydrogens is 378 g/mol. The number of aryl methyl sites for hydroxylation is 1. The zero-order chi connectivity index (χ0) is 21.7. The molecule has 0 bridgehead atoms. The first kappa shape index (κ1) is 22.8. The first-order valence-electron chi connectivity index (χ1n) is 11.2. The Kier molecular flexibility index (Phi) is 7.53. The Labute approximate surface area is 180 Å². The van der Waals surface area contributed by atoms with Crippen LogP contribution < -0.4 is 5.73 Å². The summed E-state index contributed by atoms with van der Waals surface area (Å²) in [5, 5.41) is 10.1. The lowest BCUT2D eigenvalue weighted by atomic mass is 9.69. The molecule has 0 radical (unpaired) electrons. The quantitative estimate of drug-likeness (QED) is 0.388. The van der Waals surface area contributed by atoms with E-state index in [9.17, 15) is 9.90 Å². The van der Waals surface area contributed by atoms with E-state index >= 15 is 0 Å². The van der Waals surface area contributed by atoms with Gasteiger partial charge in [-0.25, -0.2) is 4.99 Å². The number of nitrogens with zero attached hydrogens (tertiary/aromatic N) is 2. The third kappa shape index (κ3) is 5.03. The maximum Gasteiger partial charge on any atom is 0.216 e. The van der Waals surface area contributed by atoms with Crippen LogP contribution in [0.5, 0.6) is 0 Å². The molecule has 6 nitrogen and oxygen atoms in total.